The minimum Gasteiger partial charge on any atom is -0.379 e. The molecule has 1 amide bonds. The van der Waals surface area contributed by atoms with Crippen LogP contribution >= 0.6 is 0 Å². The fraction of sp³-hybridized carbons (Fsp3) is 0.923. The quantitative estimate of drug-likeness (QED) is 0.622. The lowest BCUT2D eigenvalue weighted by Crippen LogP contribution is -2.43. The van der Waals surface area contributed by atoms with Crippen molar-refractivity contribution in [2.45, 2.75) is 26.2 Å². The molecule has 0 saturated carbocycles. The molecule has 0 aromatic carbocycles. The molecule has 0 bridgehead atoms. The number of morpholine rings is 1. The summed E-state index contributed by atoms with van der Waals surface area (Å²) in [5, 5.41) is 5.48. The maximum absolute atomic E-state index is 11.6. The van der Waals surface area contributed by atoms with Crippen LogP contribution in [-0.2, 0) is 9.53 Å². The zero-order valence-corrected chi connectivity index (χ0v) is 11.3. The molecule has 1 heterocycles. The number of rotatable bonds is 9. The molecule has 1 fully saturated rings. The fourth-order valence-corrected chi connectivity index (χ4v) is 1.74. The van der Waals surface area contributed by atoms with Crippen LogP contribution < -0.4 is 10.6 Å². The molecule has 0 unspecified atom stereocenters. The van der Waals surface area contributed by atoms with E-state index >= 15 is 0 Å². The summed E-state index contributed by atoms with van der Waals surface area (Å²) in [5.74, 6) is -0.154. The smallest absolute Gasteiger partial charge is 0.234 e. The highest BCUT2D eigenvalue weighted by Gasteiger charge is 2.09. The van der Waals surface area contributed by atoms with E-state index in [1.807, 2.05) is 6.92 Å². The van der Waals surface area contributed by atoms with Crippen LogP contribution in [0.15, 0.2) is 0 Å². The van der Waals surface area contributed by atoms with Crippen LogP contribution in [-0.4, -0.2) is 63.2 Å². The number of hydrogen-bond acceptors (Lipinski definition) is 4. The second-order valence-electron chi connectivity index (χ2n) is 4.44. The summed E-state index contributed by atoms with van der Waals surface area (Å²) < 4.78 is 20.7. The van der Waals surface area contributed by atoms with Gasteiger partial charge in [-0.2, -0.15) is 0 Å². The molecule has 1 saturated heterocycles. The number of carbonyl (C=O) groups is 1. The number of nitrogens with zero attached hydrogens (tertiary/aromatic N) is 1. The van der Waals surface area contributed by atoms with Crippen LogP contribution in [0.4, 0.5) is 0 Å². The van der Waals surface area contributed by atoms with Crippen molar-refractivity contribution in [1.29, 1.82) is 0 Å². The van der Waals surface area contributed by atoms with Crippen LogP contribution in [0, 0.1) is 0 Å². The largest absolute Gasteiger partial charge is 0.379 e. The molecular weight excluding hydrogens is 230 g/mol. The second-order valence-corrected chi connectivity index (χ2v) is 4.44. The Hall–Kier alpha value is -0.650. The Kier molecular flexibility index (Phi) is 7.08. The molecule has 1 aliphatic rings. The van der Waals surface area contributed by atoms with Gasteiger partial charge in [-0.05, 0) is 12.9 Å². The third kappa shape index (κ3) is 7.63. The van der Waals surface area contributed by atoms with Crippen molar-refractivity contribution in [1.82, 2.24) is 15.5 Å². The molecule has 106 valence electrons. The number of hydrogen-bond donors (Lipinski definition) is 2. The average Bonchev–Trinajstić information content (AvgIpc) is 2.44. The molecule has 0 aromatic heterocycles. The van der Waals surface area contributed by atoms with E-state index in [0.29, 0.717) is 13.0 Å². The number of nitrogens with one attached hydrogen (secondary N) is 2. The molecule has 0 spiro atoms. The second kappa shape index (κ2) is 10.3. The van der Waals surface area contributed by atoms with Gasteiger partial charge in [-0.25, -0.2) is 0 Å². The first kappa shape index (κ1) is 12.4. The summed E-state index contributed by atoms with van der Waals surface area (Å²) in [7, 11) is 0. The normalized spacial score (nSPS) is 19.2. The summed E-state index contributed by atoms with van der Waals surface area (Å²) in [6.45, 7) is 5.34. The molecule has 2 N–H and O–H groups in total. The third-order valence-electron chi connectivity index (χ3n) is 2.88. The zero-order chi connectivity index (χ0) is 14.8. The van der Waals surface area contributed by atoms with Crippen molar-refractivity contribution in [2.24, 2.45) is 0 Å². The van der Waals surface area contributed by atoms with E-state index in [0.717, 1.165) is 45.7 Å². The van der Waals surface area contributed by atoms with Crippen LogP contribution in [0.25, 0.3) is 0 Å². The molecule has 0 aliphatic carbocycles. The van der Waals surface area contributed by atoms with E-state index in [-0.39, 0.29) is 12.5 Å². The predicted molar refractivity (Wildman–Crippen MR) is 72.7 cm³/mol. The zero-order valence-electron chi connectivity index (χ0n) is 13.3. The van der Waals surface area contributed by atoms with Gasteiger partial charge in [0, 0.05) is 28.9 Å². The maximum Gasteiger partial charge on any atom is 0.234 e. The molecular formula is C13H27N3O2. The van der Waals surface area contributed by atoms with Gasteiger partial charge in [-0.15, -0.1) is 0 Å². The first-order valence-corrected chi connectivity index (χ1v) is 6.85. The van der Waals surface area contributed by atoms with Gasteiger partial charge in [0.25, 0.3) is 0 Å². The summed E-state index contributed by atoms with van der Waals surface area (Å²) in [5.41, 5.74) is 0. The lowest BCUT2D eigenvalue weighted by Gasteiger charge is -2.26. The van der Waals surface area contributed by atoms with Crippen molar-refractivity contribution >= 4 is 5.91 Å². The average molecular weight is 259 g/mol. The van der Waals surface area contributed by atoms with E-state index in [4.69, 9.17) is 7.48 Å². The van der Waals surface area contributed by atoms with Crippen molar-refractivity contribution in [3.63, 3.8) is 0 Å². The number of carbonyl (C=O) groups excluding carboxylic acids is 1. The van der Waals surface area contributed by atoms with Crippen molar-refractivity contribution in [3.8, 4) is 0 Å². The first-order valence-electron chi connectivity index (χ1n) is 7.85. The van der Waals surface area contributed by atoms with Gasteiger partial charge in [0.15, 0.2) is 0 Å². The molecule has 0 aromatic rings. The third-order valence-corrected chi connectivity index (χ3v) is 2.88. The standard InChI is InChI=1S/C13H27N3O2/c1-2-3-4-5-14-12-13(17)15-6-7-16-8-10-18-11-9-16/h14H,2-12H2,1H3,(H,15,17)/i5D2. The number of unbranched alkanes of at least 4 members (excludes halogenated alkanes) is 1. The first-order chi connectivity index (χ1) is 9.53. The minimum absolute atomic E-state index is 0.0276. The SMILES string of the molecule is [2H]C([2H])(CCCC)NCC(=O)NCCN1CCOCC1. The van der Waals surface area contributed by atoms with Crippen LogP contribution in [0.3, 0.4) is 0 Å². The Balaban J connectivity index is 2.07. The van der Waals surface area contributed by atoms with Crippen LogP contribution in [0.5, 0.6) is 0 Å². The summed E-state index contributed by atoms with van der Waals surface area (Å²) in [6.07, 6.45) is 2.20. The summed E-state index contributed by atoms with van der Waals surface area (Å²) in [6, 6.07) is 0. The Morgan fingerprint density at radius 3 is 2.89 bits per heavy atom. The van der Waals surface area contributed by atoms with Gasteiger partial charge in [0.05, 0.1) is 19.8 Å². The molecule has 18 heavy (non-hydrogen) atoms. The van der Waals surface area contributed by atoms with Gasteiger partial charge in [0.1, 0.15) is 0 Å². The number of amides is 1. The van der Waals surface area contributed by atoms with E-state index in [9.17, 15) is 4.79 Å². The van der Waals surface area contributed by atoms with Gasteiger partial charge in [0.2, 0.25) is 5.91 Å². The van der Waals surface area contributed by atoms with Gasteiger partial charge < -0.3 is 15.4 Å². The summed E-state index contributed by atoms with van der Waals surface area (Å²) >= 11 is 0. The highest BCUT2D eigenvalue weighted by molar-refractivity contribution is 5.77. The Morgan fingerprint density at radius 1 is 1.39 bits per heavy atom. The fourth-order valence-electron chi connectivity index (χ4n) is 1.74. The molecule has 1 rings (SSSR count). The van der Waals surface area contributed by atoms with E-state index in [1.54, 1.807) is 0 Å². The molecule has 0 atom stereocenters. The van der Waals surface area contributed by atoms with E-state index in [1.165, 1.54) is 0 Å². The van der Waals surface area contributed by atoms with Crippen molar-refractivity contribution < 1.29 is 12.3 Å². The Bertz CT molecular complexity index is 285. The maximum atomic E-state index is 11.6. The van der Waals surface area contributed by atoms with Crippen molar-refractivity contribution in [2.75, 3.05) is 52.4 Å². The Morgan fingerprint density at radius 2 is 2.17 bits per heavy atom. The molecule has 0 radical (unpaired) electrons. The van der Waals surface area contributed by atoms with Gasteiger partial charge in [-0.3, -0.25) is 9.69 Å². The lowest BCUT2D eigenvalue weighted by molar-refractivity contribution is -0.120. The molecule has 5 nitrogen and oxygen atoms in total. The Labute approximate surface area is 113 Å². The number of ether oxygens (including phenoxy) is 1. The highest BCUT2D eigenvalue weighted by Crippen LogP contribution is 1.94. The van der Waals surface area contributed by atoms with Crippen molar-refractivity contribution in [3.05, 3.63) is 0 Å². The summed E-state index contributed by atoms with van der Waals surface area (Å²) in [4.78, 5) is 13.9. The lowest BCUT2D eigenvalue weighted by atomic mass is 10.2. The van der Waals surface area contributed by atoms with Gasteiger partial charge >= 0.3 is 0 Å². The topological polar surface area (TPSA) is 53.6 Å². The van der Waals surface area contributed by atoms with Gasteiger partial charge in [-0.1, -0.05) is 19.8 Å². The highest BCUT2D eigenvalue weighted by atomic mass is 16.5. The molecule has 5 heteroatoms. The van der Waals surface area contributed by atoms with Crippen LogP contribution in [0.2, 0.25) is 0 Å². The van der Waals surface area contributed by atoms with Crippen LogP contribution in [0.1, 0.15) is 28.9 Å². The van der Waals surface area contributed by atoms with E-state index in [2.05, 4.69) is 15.5 Å². The molecule has 1 aliphatic heterocycles. The minimum atomic E-state index is -1.46. The monoisotopic (exact) mass is 259 g/mol. The van der Waals surface area contributed by atoms with E-state index < -0.39 is 6.50 Å². The predicted octanol–water partition coefficient (Wildman–Crippen LogP) is 0.215.